The van der Waals surface area contributed by atoms with Gasteiger partial charge < -0.3 is 10.5 Å². The fourth-order valence-electron chi connectivity index (χ4n) is 2.43. The Morgan fingerprint density at radius 3 is 2.74 bits per heavy atom. The molecule has 0 atom stereocenters. The number of halogens is 1. The zero-order chi connectivity index (χ0) is 19.6. The minimum Gasteiger partial charge on any atom is -0.435 e. The number of pyridine rings is 1. The number of ether oxygens (including phenoxy) is 1. The lowest BCUT2D eigenvalue weighted by molar-refractivity contribution is -0.114. The molecule has 1 aromatic carbocycles. The molecule has 0 aliphatic rings. The van der Waals surface area contributed by atoms with E-state index in [9.17, 15) is 14.0 Å². The second-order valence-electron chi connectivity index (χ2n) is 5.59. The number of amides is 1. The SMILES string of the molecule is Cc1cccn2c(=O)c(/C=C(/C#N)C(N)=O)c(Oc3ccccc3F)nc12. The van der Waals surface area contributed by atoms with Crippen molar-refractivity contribution < 1.29 is 13.9 Å². The van der Waals surface area contributed by atoms with Gasteiger partial charge in [0.2, 0.25) is 5.88 Å². The molecule has 0 unspecified atom stereocenters. The van der Waals surface area contributed by atoms with Crippen molar-refractivity contribution in [2.45, 2.75) is 6.92 Å². The van der Waals surface area contributed by atoms with Gasteiger partial charge in [0.25, 0.3) is 11.5 Å². The van der Waals surface area contributed by atoms with Crippen LogP contribution in [0.15, 0.2) is 53.0 Å². The molecule has 3 rings (SSSR count). The van der Waals surface area contributed by atoms with Gasteiger partial charge in [-0.2, -0.15) is 10.2 Å². The van der Waals surface area contributed by atoms with Gasteiger partial charge in [-0.1, -0.05) is 18.2 Å². The number of benzene rings is 1. The van der Waals surface area contributed by atoms with Crippen LogP contribution >= 0.6 is 0 Å². The van der Waals surface area contributed by atoms with Crippen LogP contribution in [0, 0.1) is 24.1 Å². The molecule has 0 radical (unpaired) electrons. The topological polar surface area (TPSA) is 110 Å². The zero-order valence-electron chi connectivity index (χ0n) is 14.1. The molecule has 2 aromatic heterocycles. The number of para-hydroxylation sites is 1. The van der Waals surface area contributed by atoms with Gasteiger partial charge in [0.05, 0.1) is 0 Å². The van der Waals surface area contributed by atoms with Crippen molar-refractivity contribution in [1.82, 2.24) is 9.38 Å². The van der Waals surface area contributed by atoms with Crippen molar-refractivity contribution in [3.05, 3.63) is 75.5 Å². The van der Waals surface area contributed by atoms with E-state index in [4.69, 9.17) is 15.7 Å². The lowest BCUT2D eigenvalue weighted by atomic mass is 10.1. The molecule has 7 nitrogen and oxygen atoms in total. The Bertz CT molecular complexity index is 1190. The van der Waals surface area contributed by atoms with E-state index in [1.54, 1.807) is 31.2 Å². The van der Waals surface area contributed by atoms with Crippen LogP contribution in [0.1, 0.15) is 11.1 Å². The third kappa shape index (κ3) is 3.39. The minimum absolute atomic E-state index is 0.158. The lowest BCUT2D eigenvalue weighted by Gasteiger charge is -2.11. The molecule has 27 heavy (non-hydrogen) atoms. The van der Waals surface area contributed by atoms with Crippen molar-refractivity contribution in [2.24, 2.45) is 5.73 Å². The number of carbonyl (C=O) groups excluding carboxylic acids is 1. The first-order chi connectivity index (χ1) is 12.9. The number of carbonyl (C=O) groups is 1. The highest BCUT2D eigenvalue weighted by Crippen LogP contribution is 2.26. The summed E-state index contributed by atoms with van der Waals surface area (Å²) in [5.74, 6) is -2.07. The number of fused-ring (bicyclic) bond motifs is 1. The number of rotatable bonds is 4. The number of nitrogens with zero attached hydrogens (tertiary/aromatic N) is 3. The average molecular weight is 364 g/mol. The minimum atomic E-state index is -1.01. The number of aryl methyl sites for hydroxylation is 1. The maximum absolute atomic E-state index is 14.0. The Labute approximate surface area is 152 Å². The van der Waals surface area contributed by atoms with Gasteiger partial charge in [-0.05, 0) is 36.8 Å². The van der Waals surface area contributed by atoms with Crippen LogP contribution in [0.3, 0.4) is 0 Å². The van der Waals surface area contributed by atoms with Gasteiger partial charge in [-0.25, -0.2) is 4.39 Å². The van der Waals surface area contributed by atoms with Crippen LogP contribution in [0.2, 0.25) is 0 Å². The summed E-state index contributed by atoms with van der Waals surface area (Å²) in [7, 11) is 0. The second kappa shape index (κ2) is 7.09. The number of nitrogens with two attached hydrogens (primary N) is 1. The van der Waals surface area contributed by atoms with Gasteiger partial charge in [0, 0.05) is 6.20 Å². The molecule has 1 amide bonds. The van der Waals surface area contributed by atoms with E-state index in [1.165, 1.54) is 28.8 Å². The van der Waals surface area contributed by atoms with E-state index < -0.39 is 22.9 Å². The fraction of sp³-hybridized carbons (Fsp3) is 0.0526. The molecule has 3 aromatic rings. The Morgan fingerprint density at radius 1 is 1.33 bits per heavy atom. The lowest BCUT2D eigenvalue weighted by Crippen LogP contribution is -2.20. The molecule has 0 spiro atoms. The summed E-state index contributed by atoms with van der Waals surface area (Å²) in [6, 6.07) is 10.6. The van der Waals surface area contributed by atoms with Crippen LogP contribution < -0.4 is 16.0 Å². The van der Waals surface area contributed by atoms with Crippen LogP contribution in [-0.4, -0.2) is 15.3 Å². The molecular formula is C19H13FN4O3. The fourth-order valence-corrected chi connectivity index (χ4v) is 2.43. The summed E-state index contributed by atoms with van der Waals surface area (Å²) in [5.41, 5.74) is 4.87. The van der Waals surface area contributed by atoms with Gasteiger partial charge in [0.1, 0.15) is 22.9 Å². The van der Waals surface area contributed by atoms with Crippen molar-refractivity contribution in [3.63, 3.8) is 0 Å². The summed E-state index contributed by atoms with van der Waals surface area (Å²) in [4.78, 5) is 28.6. The highest BCUT2D eigenvalue weighted by Gasteiger charge is 2.18. The van der Waals surface area contributed by atoms with Crippen molar-refractivity contribution in [1.29, 1.82) is 5.26 Å². The van der Waals surface area contributed by atoms with E-state index in [0.29, 0.717) is 11.2 Å². The zero-order valence-corrected chi connectivity index (χ0v) is 14.1. The number of aromatic nitrogens is 2. The summed E-state index contributed by atoms with van der Waals surface area (Å²) >= 11 is 0. The molecule has 2 N–H and O–H groups in total. The Morgan fingerprint density at radius 2 is 2.07 bits per heavy atom. The van der Waals surface area contributed by atoms with Crippen LogP contribution in [0.25, 0.3) is 11.7 Å². The largest absolute Gasteiger partial charge is 0.435 e. The van der Waals surface area contributed by atoms with Crippen molar-refractivity contribution >= 4 is 17.6 Å². The molecular weight excluding hydrogens is 351 g/mol. The van der Waals surface area contributed by atoms with Crippen molar-refractivity contribution in [3.8, 4) is 17.7 Å². The third-order valence-electron chi connectivity index (χ3n) is 3.77. The molecule has 0 saturated carbocycles. The molecule has 0 fully saturated rings. The van der Waals surface area contributed by atoms with Gasteiger partial charge in [0.15, 0.2) is 11.6 Å². The number of hydrogen-bond acceptors (Lipinski definition) is 5. The predicted octanol–water partition coefficient (Wildman–Crippen LogP) is 2.33. The first kappa shape index (κ1) is 17.8. The summed E-state index contributed by atoms with van der Waals surface area (Å²) < 4.78 is 20.7. The number of hydrogen-bond donors (Lipinski definition) is 1. The normalized spacial score (nSPS) is 11.2. The molecule has 2 heterocycles. The molecule has 134 valence electrons. The standard InChI is InChI=1S/C19H13FN4O3/c1-11-5-4-8-24-17(11)23-18(27-15-7-3-2-6-14(15)20)13(19(24)26)9-12(10-21)16(22)25/h2-9H,1H3,(H2,22,25)/b12-9-. The smallest absolute Gasteiger partial charge is 0.269 e. The monoisotopic (exact) mass is 364 g/mol. The van der Waals surface area contributed by atoms with Gasteiger partial charge >= 0.3 is 0 Å². The maximum atomic E-state index is 14.0. The van der Waals surface area contributed by atoms with E-state index >= 15 is 0 Å². The maximum Gasteiger partial charge on any atom is 0.269 e. The molecule has 8 heteroatoms. The van der Waals surface area contributed by atoms with E-state index in [-0.39, 0.29) is 17.2 Å². The molecule has 0 bridgehead atoms. The second-order valence-corrected chi connectivity index (χ2v) is 5.59. The summed E-state index contributed by atoms with van der Waals surface area (Å²) in [5, 5.41) is 9.08. The van der Waals surface area contributed by atoms with Crippen molar-refractivity contribution in [2.75, 3.05) is 0 Å². The Hall–Kier alpha value is -3.99. The van der Waals surface area contributed by atoms with E-state index in [2.05, 4.69) is 4.98 Å². The summed E-state index contributed by atoms with van der Waals surface area (Å²) in [6.07, 6.45) is 2.47. The van der Waals surface area contributed by atoms with Gasteiger partial charge in [-0.15, -0.1) is 0 Å². The third-order valence-corrected chi connectivity index (χ3v) is 3.77. The number of primary amides is 1. The Kier molecular flexibility index (Phi) is 4.68. The molecule has 0 aliphatic heterocycles. The predicted molar refractivity (Wildman–Crippen MR) is 95.5 cm³/mol. The Balaban J connectivity index is 2.33. The van der Waals surface area contributed by atoms with E-state index in [0.717, 1.165) is 6.08 Å². The van der Waals surface area contributed by atoms with Crippen LogP contribution in [0.5, 0.6) is 11.6 Å². The molecule has 0 aliphatic carbocycles. The summed E-state index contributed by atoms with van der Waals surface area (Å²) in [6.45, 7) is 1.74. The first-order valence-electron chi connectivity index (χ1n) is 7.78. The highest BCUT2D eigenvalue weighted by atomic mass is 19.1. The highest BCUT2D eigenvalue weighted by molar-refractivity contribution is 6.00. The first-order valence-corrected chi connectivity index (χ1v) is 7.78. The van der Waals surface area contributed by atoms with Gasteiger partial charge in [-0.3, -0.25) is 14.0 Å². The molecule has 0 saturated heterocycles. The van der Waals surface area contributed by atoms with Crippen LogP contribution in [0.4, 0.5) is 4.39 Å². The quantitative estimate of drug-likeness (QED) is 0.564. The van der Waals surface area contributed by atoms with Crippen LogP contribution in [-0.2, 0) is 4.79 Å². The average Bonchev–Trinajstić information content (AvgIpc) is 2.64. The van der Waals surface area contributed by atoms with E-state index in [1.807, 2.05) is 0 Å². The number of nitriles is 1.